The maximum Gasteiger partial charge on any atom is 0.263 e. The van der Waals surface area contributed by atoms with Gasteiger partial charge in [0.05, 0.1) is 10.0 Å². The van der Waals surface area contributed by atoms with Crippen LogP contribution in [0, 0.1) is 6.92 Å². The topological polar surface area (TPSA) is 96.5 Å². The van der Waals surface area contributed by atoms with E-state index in [9.17, 15) is 14.4 Å². The standard InChI is InChI=1S/C20H14Cl3N3O4S/c1-9-2-3-11(7-13(9)21)24-16(27)8-30-17-14(22)5-10(6-15(17)23)4-12-18(28)25-20(31)26-19(12)29/h2-7H,8H2,1H3,(H,24,27)(H2,25,26,28,29,31). The molecule has 0 saturated carbocycles. The summed E-state index contributed by atoms with van der Waals surface area (Å²) in [4.78, 5) is 36.1. The number of hydrogen-bond donors (Lipinski definition) is 3. The molecule has 0 aliphatic carbocycles. The van der Waals surface area contributed by atoms with Crippen molar-refractivity contribution >= 4 is 81.6 Å². The van der Waals surface area contributed by atoms with Crippen molar-refractivity contribution in [1.82, 2.24) is 10.6 Å². The minimum absolute atomic E-state index is 0.0712. The zero-order valence-electron chi connectivity index (χ0n) is 15.8. The van der Waals surface area contributed by atoms with Crippen LogP contribution in [0.5, 0.6) is 5.75 Å². The van der Waals surface area contributed by atoms with Crippen molar-refractivity contribution in [1.29, 1.82) is 0 Å². The monoisotopic (exact) mass is 497 g/mol. The zero-order chi connectivity index (χ0) is 22.7. The fourth-order valence-electron chi connectivity index (χ4n) is 2.58. The molecule has 7 nitrogen and oxygen atoms in total. The fourth-order valence-corrected chi connectivity index (χ4v) is 3.56. The van der Waals surface area contributed by atoms with Crippen LogP contribution in [0.2, 0.25) is 15.1 Å². The summed E-state index contributed by atoms with van der Waals surface area (Å²) >= 11 is 23.2. The molecule has 3 amide bonds. The van der Waals surface area contributed by atoms with Gasteiger partial charge in [0.1, 0.15) is 5.57 Å². The Morgan fingerprint density at radius 1 is 1.06 bits per heavy atom. The van der Waals surface area contributed by atoms with Gasteiger partial charge in [-0.2, -0.15) is 0 Å². The lowest BCUT2D eigenvalue weighted by atomic mass is 10.1. The summed E-state index contributed by atoms with van der Waals surface area (Å²) < 4.78 is 5.45. The molecular formula is C20H14Cl3N3O4S. The number of amides is 3. The first kappa shape index (κ1) is 23.0. The van der Waals surface area contributed by atoms with Gasteiger partial charge in [-0.1, -0.05) is 40.9 Å². The maximum absolute atomic E-state index is 12.2. The predicted molar refractivity (Wildman–Crippen MR) is 124 cm³/mol. The van der Waals surface area contributed by atoms with Crippen LogP contribution in [0.4, 0.5) is 5.69 Å². The van der Waals surface area contributed by atoms with Gasteiger partial charge in [-0.05, 0) is 60.6 Å². The molecule has 1 saturated heterocycles. The van der Waals surface area contributed by atoms with Crippen molar-refractivity contribution in [3.63, 3.8) is 0 Å². The van der Waals surface area contributed by atoms with Gasteiger partial charge in [-0.15, -0.1) is 0 Å². The first-order valence-corrected chi connectivity index (χ1v) is 10.2. The van der Waals surface area contributed by atoms with Gasteiger partial charge in [-0.25, -0.2) is 0 Å². The van der Waals surface area contributed by atoms with Gasteiger partial charge in [-0.3, -0.25) is 25.0 Å². The van der Waals surface area contributed by atoms with Gasteiger partial charge in [0.2, 0.25) is 0 Å². The molecule has 11 heteroatoms. The quantitative estimate of drug-likeness (QED) is 0.330. The number of aryl methyl sites for hydroxylation is 1. The summed E-state index contributed by atoms with van der Waals surface area (Å²) in [5.74, 6) is -1.64. The Hall–Kier alpha value is -2.65. The van der Waals surface area contributed by atoms with Crippen molar-refractivity contribution in [3.8, 4) is 5.75 Å². The Labute approximate surface area is 197 Å². The second kappa shape index (κ2) is 9.65. The van der Waals surface area contributed by atoms with Crippen molar-refractivity contribution in [2.45, 2.75) is 6.92 Å². The van der Waals surface area contributed by atoms with Crippen LogP contribution in [0.3, 0.4) is 0 Å². The fraction of sp³-hybridized carbons (Fsp3) is 0.100. The molecule has 2 aromatic rings. The third-order valence-corrected chi connectivity index (χ3v) is 5.25. The molecule has 1 aliphatic rings. The van der Waals surface area contributed by atoms with Crippen molar-refractivity contribution in [2.75, 3.05) is 11.9 Å². The molecule has 0 radical (unpaired) electrons. The molecule has 3 N–H and O–H groups in total. The van der Waals surface area contributed by atoms with E-state index in [-0.39, 0.29) is 33.1 Å². The Kier molecular flexibility index (Phi) is 7.17. The Morgan fingerprint density at radius 3 is 2.26 bits per heavy atom. The highest BCUT2D eigenvalue weighted by Crippen LogP contribution is 2.35. The van der Waals surface area contributed by atoms with Crippen LogP contribution < -0.4 is 20.7 Å². The lowest BCUT2D eigenvalue weighted by Crippen LogP contribution is -2.51. The molecule has 1 heterocycles. The van der Waals surface area contributed by atoms with Crippen molar-refractivity contribution in [3.05, 3.63) is 62.1 Å². The number of nitrogens with one attached hydrogen (secondary N) is 3. The Bertz CT molecular complexity index is 1110. The van der Waals surface area contributed by atoms with Gasteiger partial charge in [0.15, 0.2) is 17.5 Å². The second-order valence-electron chi connectivity index (χ2n) is 6.41. The van der Waals surface area contributed by atoms with Crippen LogP contribution >= 0.6 is 47.0 Å². The second-order valence-corrected chi connectivity index (χ2v) is 8.04. The minimum Gasteiger partial charge on any atom is -0.481 e. The van der Waals surface area contributed by atoms with Gasteiger partial charge >= 0.3 is 0 Å². The van der Waals surface area contributed by atoms with Crippen LogP contribution in [-0.2, 0) is 14.4 Å². The number of carbonyl (C=O) groups is 3. The molecule has 1 fully saturated rings. The first-order chi connectivity index (χ1) is 14.6. The lowest BCUT2D eigenvalue weighted by Gasteiger charge is -2.16. The number of hydrogen-bond acceptors (Lipinski definition) is 5. The third-order valence-electron chi connectivity index (χ3n) is 4.08. The summed E-state index contributed by atoms with van der Waals surface area (Å²) in [7, 11) is 0. The summed E-state index contributed by atoms with van der Waals surface area (Å²) in [6.07, 6.45) is 1.31. The van der Waals surface area contributed by atoms with Gasteiger partial charge in [0, 0.05) is 10.7 Å². The van der Waals surface area contributed by atoms with E-state index in [0.29, 0.717) is 16.3 Å². The van der Waals surface area contributed by atoms with E-state index < -0.39 is 17.7 Å². The maximum atomic E-state index is 12.2. The highest BCUT2D eigenvalue weighted by atomic mass is 35.5. The highest BCUT2D eigenvalue weighted by molar-refractivity contribution is 7.80. The summed E-state index contributed by atoms with van der Waals surface area (Å²) in [5.41, 5.74) is 1.63. The van der Waals surface area contributed by atoms with E-state index in [2.05, 4.69) is 16.0 Å². The molecule has 0 spiro atoms. The average molecular weight is 499 g/mol. The number of carbonyl (C=O) groups excluding carboxylic acids is 3. The van der Waals surface area contributed by atoms with E-state index in [0.717, 1.165) is 5.56 Å². The predicted octanol–water partition coefficient (Wildman–Crippen LogP) is 3.89. The van der Waals surface area contributed by atoms with Gasteiger partial charge in [0.25, 0.3) is 17.7 Å². The third kappa shape index (κ3) is 5.74. The smallest absolute Gasteiger partial charge is 0.263 e. The van der Waals surface area contributed by atoms with E-state index in [4.69, 9.17) is 51.8 Å². The van der Waals surface area contributed by atoms with Gasteiger partial charge < -0.3 is 10.1 Å². The van der Waals surface area contributed by atoms with Crippen LogP contribution in [0.25, 0.3) is 6.08 Å². The molecular weight excluding hydrogens is 485 g/mol. The number of benzene rings is 2. The molecule has 0 aromatic heterocycles. The Morgan fingerprint density at radius 2 is 1.68 bits per heavy atom. The summed E-state index contributed by atoms with van der Waals surface area (Å²) in [6.45, 7) is 1.50. The number of thiocarbonyl (C=S) groups is 1. The SMILES string of the molecule is Cc1ccc(NC(=O)COc2c(Cl)cc(C=C3C(=O)NC(=S)NC3=O)cc2Cl)cc1Cl. The van der Waals surface area contributed by atoms with E-state index in [1.807, 2.05) is 6.92 Å². The first-order valence-electron chi connectivity index (χ1n) is 8.70. The molecule has 0 unspecified atom stereocenters. The molecule has 0 bridgehead atoms. The normalized spacial score (nSPS) is 13.4. The van der Waals surface area contributed by atoms with E-state index in [1.54, 1.807) is 18.2 Å². The molecule has 1 aliphatic heterocycles. The summed E-state index contributed by atoms with van der Waals surface area (Å²) in [6, 6.07) is 8.01. The lowest BCUT2D eigenvalue weighted by molar-refractivity contribution is -0.123. The molecule has 0 atom stereocenters. The van der Waals surface area contributed by atoms with Crippen LogP contribution in [-0.4, -0.2) is 29.4 Å². The number of halogens is 3. The van der Waals surface area contributed by atoms with E-state index in [1.165, 1.54) is 18.2 Å². The number of anilines is 1. The minimum atomic E-state index is -0.644. The zero-order valence-corrected chi connectivity index (χ0v) is 18.9. The van der Waals surface area contributed by atoms with Crippen molar-refractivity contribution in [2.24, 2.45) is 0 Å². The Balaban J connectivity index is 1.70. The molecule has 160 valence electrons. The number of rotatable bonds is 5. The highest BCUT2D eigenvalue weighted by Gasteiger charge is 2.26. The van der Waals surface area contributed by atoms with E-state index >= 15 is 0 Å². The van der Waals surface area contributed by atoms with Crippen LogP contribution in [0.15, 0.2) is 35.9 Å². The average Bonchev–Trinajstić information content (AvgIpc) is 2.67. The largest absolute Gasteiger partial charge is 0.481 e. The molecule has 31 heavy (non-hydrogen) atoms. The number of ether oxygens (including phenoxy) is 1. The molecule has 2 aromatic carbocycles. The van der Waals surface area contributed by atoms with Crippen molar-refractivity contribution < 1.29 is 19.1 Å². The molecule has 3 rings (SSSR count). The summed E-state index contributed by atoms with van der Waals surface area (Å²) in [5, 5.41) is 7.96. The van der Waals surface area contributed by atoms with Crippen LogP contribution in [0.1, 0.15) is 11.1 Å².